The Morgan fingerprint density at radius 1 is 1.05 bits per heavy atom. The normalized spacial score (nSPS) is 11.7. The number of carbonyl (C=O) groups excluding carboxylic acids is 1. The highest BCUT2D eigenvalue weighted by Gasteiger charge is 2.12. The van der Waals surface area contributed by atoms with E-state index in [4.69, 9.17) is 0 Å². The molecular weight excluding hydrogens is 338 g/mol. The zero-order valence-corrected chi connectivity index (χ0v) is 13.8. The molecule has 0 radical (unpaired) electrons. The average Bonchev–Trinajstić information content (AvgIpc) is 3.24. The van der Waals surface area contributed by atoms with Crippen LogP contribution >= 0.6 is 34.4 Å². The SMILES string of the molecule is Cc1nc(/C=C/c2csnn2)sc1C(=O)/C=C\c1csnn1. The number of allylic oxidation sites excluding steroid dienone is 1. The van der Waals surface area contributed by atoms with Crippen molar-refractivity contribution in [1.29, 1.82) is 0 Å². The van der Waals surface area contributed by atoms with Crippen molar-refractivity contribution in [3.63, 3.8) is 0 Å². The lowest BCUT2D eigenvalue weighted by atomic mass is 10.2. The summed E-state index contributed by atoms with van der Waals surface area (Å²) in [5.74, 6) is -0.0852. The molecule has 0 aliphatic carbocycles. The van der Waals surface area contributed by atoms with Gasteiger partial charge in [0, 0.05) is 10.8 Å². The van der Waals surface area contributed by atoms with Crippen LogP contribution in [0, 0.1) is 6.92 Å². The molecule has 9 heteroatoms. The second-order valence-electron chi connectivity index (χ2n) is 4.16. The van der Waals surface area contributed by atoms with Gasteiger partial charge in [-0.25, -0.2) is 4.98 Å². The average molecular weight is 347 g/mol. The highest BCUT2D eigenvalue weighted by atomic mass is 32.1. The van der Waals surface area contributed by atoms with Gasteiger partial charge >= 0.3 is 0 Å². The quantitative estimate of drug-likeness (QED) is 0.521. The minimum absolute atomic E-state index is 0.0852. The molecule has 110 valence electrons. The first-order valence-electron chi connectivity index (χ1n) is 6.14. The van der Waals surface area contributed by atoms with Gasteiger partial charge in [0.25, 0.3) is 0 Å². The Hall–Kier alpha value is -2.10. The van der Waals surface area contributed by atoms with Crippen molar-refractivity contribution in [2.45, 2.75) is 6.92 Å². The van der Waals surface area contributed by atoms with Crippen LogP contribution in [0.1, 0.15) is 31.8 Å². The first kappa shape index (κ1) is 14.8. The van der Waals surface area contributed by atoms with Crippen molar-refractivity contribution in [2.75, 3.05) is 0 Å². The smallest absolute Gasteiger partial charge is 0.197 e. The maximum absolute atomic E-state index is 12.2. The zero-order chi connectivity index (χ0) is 15.4. The maximum atomic E-state index is 12.2. The lowest BCUT2D eigenvalue weighted by molar-refractivity contribution is 0.105. The zero-order valence-electron chi connectivity index (χ0n) is 11.3. The van der Waals surface area contributed by atoms with Crippen molar-refractivity contribution in [1.82, 2.24) is 24.2 Å². The summed E-state index contributed by atoms with van der Waals surface area (Å²) < 4.78 is 7.53. The van der Waals surface area contributed by atoms with E-state index >= 15 is 0 Å². The standard InChI is InChI=1S/C13H9N5OS3/c1-8-13(11(19)4-2-9-6-20-17-15-9)22-12(14-8)5-3-10-7-21-18-16-10/h2-7H,1H3/b4-2-,5-3+. The molecule has 0 saturated carbocycles. The van der Waals surface area contributed by atoms with E-state index in [1.807, 2.05) is 24.5 Å². The van der Waals surface area contributed by atoms with E-state index in [1.54, 1.807) is 11.5 Å². The summed E-state index contributed by atoms with van der Waals surface area (Å²) in [6.45, 7) is 1.82. The summed E-state index contributed by atoms with van der Waals surface area (Å²) in [4.78, 5) is 17.2. The molecular formula is C13H9N5OS3. The van der Waals surface area contributed by atoms with Gasteiger partial charge in [-0.15, -0.1) is 21.5 Å². The van der Waals surface area contributed by atoms with Gasteiger partial charge in [0.15, 0.2) is 5.78 Å². The fourth-order valence-corrected chi connectivity index (χ4v) is 3.33. The predicted molar refractivity (Wildman–Crippen MR) is 89.0 cm³/mol. The molecule has 0 atom stereocenters. The molecule has 0 fully saturated rings. The third-order valence-electron chi connectivity index (χ3n) is 2.59. The van der Waals surface area contributed by atoms with Crippen LogP contribution in [0.3, 0.4) is 0 Å². The van der Waals surface area contributed by atoms with E-state index in [0.717, 1.165) is 10.7 Å². The van der Waals surface area contributed by atoms with Crippen LogP contribution in [-0.4, -0.2) is 29.9 Å². The molecule has 0 unspecified atom stereocenters. The molecule has 3 aromatic rings. The third kappa shape index (κ3) is 3.56. The Morgan fingerprint density at radius 3 is 2.36 bits per heavy atom. The summed E-state index contributed by atoms with van der Waals surface area (Å²) in [7, 11) is 0. The summed E-state index contributed by atoms with van der Waals surface area (Å²) in [6.07, 6.45) is 6.81. The molecule has 0 aromatic carbocycles. The van der Waals surface area contributed by atoms with E-state index in [9.17, 15) is 4.79 Å². The second kappa shape index (κ2) is 6.77. The summed E-state index contributed by atoms with van der Waals surface area (Å²) in [5, 5.41) is 12.2. The van der Waals surface area contributed by atoms with Crippen LogP contribution in [0.4, 0.5) is 0 Å². The van der Waals surface area contributed by atoms with Crippen molar-refractivity contribution in [2.24, 2.45) is 0 Å². The molecule has 6 nitrogen and oxygen atoms in total. The van der Waals surface area contributed by atoms with Crippen molar-refractivity contribution < 1.29 is 4.79 Å². The minimum Gasteiger partial charge on any atom is -0.288 e. The number of hydrogen-bond donors (Lipinski definition) is 0. The predicted octanol–water partition coefficient (Wildman–Crippen LogP) is 3.22. The Kier molecular flexibility index (Phi) is 4.56. The molecule has 3 aromatic heterocycles. The van der Waals surface area contributed by atoms with Gasteiger partial charge in [-0.05, 0) is 54.3 Å². The Bertz CT molecular complexity index is 818. The first-order chi connectivity index (χ1) is 10.7. The van der Waals surface area contributed by atoms with Gasteiger partial charge in [-0.1, -0.05) is 8.98 Å². The molecule has 0 N–H and O–H groups in total. The van der Waals surface area contributed by atoms with Crippen molar-refractivity contribution in [3.8, 4) is 0 Å². The molecule has 0 aliphatic heterocycles. The maximum Gasteiger partial charge on any atom is 0.197 e. The molecule has 0 spiro atoms. The molecule has 0 saturated heterocycles. The van der Waals surface area contributed by atoms with Gasteiger partial charge in [-0.3, -0.25) is 4.79 Å². The van der Waals surface area contributed by atoms with Crippen LogP contribution in [0.5, 0.6) is 0 Å². The fourth-order valence-electron chi connectivity index (χ4n) is 1.60. The number of aromatic nitrogens is 5. The first-order valence-corrected chi connectivity index (χ1v) is 8.63. The van der Waals surface area contributed by atoms with Gasteiger partial charge < -0.3 is 0 Å². The minimum atomic E-state index is -0.0852. The van der Waals surface area contributed by atoms with E-state index in [1.165, 1.54) is 40.5 Å². The monoisotopic (exact) mass is 347 g/mol. The second-order valence-corrected chi connectivity index (χ2v) is 6.41. The molecule has 0 bridgehead atoms. The molecule has 3 heterocycles. The van der Waals surface area contributed by atoms with E-state index in [2.05, 4.69) is 24.2 Å². The number of rotatable bonds is 5. The van der Waals surface area contributed by atoms with Crippen LogP contribution in [0.25, 0.3) is 18.2 Å². The summed E-state index contributed by atoms with van der Waals surface area (Å²) in [6, 6.07) is 0. The Morgan fingerprint density at radius 2 is 1.73 bits per heavy atom. The number of carbonyl (C=O) groups is 1. The number of aryl methyl sites for hydroxylation is 1. The Labute approximate surface area is 138 Å². The van der Waals surface area contributed by atoms with Crippen LogP contribution in [-0.2, 0) is 0 Å². The van der Waals surface area contributed by atoms with E-state index < -0.39 is 0 Å². The summed E-state index contributed by atoms with van der Waals surface area (Å²) >= 11 is 3.89. The third-order valence-corrected chi connectivity index (χ3v) is 4.78. The molecule has 22 heavy (non-hydrogen) atoms. The Balaban J connectivity index is 1.75. The van der Waals surface area contributed by atoms with Crippen LogP contribution in [0.15, 0.2) is 16.8 Å². The highest BCUT2D eigenvalue weighted by Crippen LogP contribution is 2.21. The molecule has 3 rings (SSSR count). The number of nitrogens with zero attached hydrogens (tertiary/aromatic N) is 5. The topological polar surface area (TPSA) is 81.5 Å². The molecule has 0 aliphatic rings. The molecule has 0 amide bonds. The largest absolute Gasteiger partial charge is 0.288 e. The van der Waals surface area contributed by atoms with Crippen LogP contribution < -0.4 is 0 Å². The van der Waals surface area contributed by atoms with E-state index in [-0.39, 0.29) is 5.78 Å². The van der Waals surface area contributed by atoms with Crippen LogP contribution in [0.2, 0.25) is 0 Å². The van der Waals surface area contributed by atoms with Gasteiger partial charge in [0.1, 0.15) is 5.01 Å². The summed E-state index contributed by atoms with van der Waals surface area (Å²) in [5.41, 5.74) is 2.17. The van der Waals surface area contributed by atoms with E-state index in [0.29, 0.717) is 16.3 Å². The highest BCUT2D eigenvalue weighted by molar-refractivity contribution is 7.14. The number of ketones is 1. The van der Waals surface area contributed by atoms with Gasteiger partial charge in [0.05, 0.1) is 22.0 Å². The van der Waals surface area contributed by atoms with Gasteiger partial charge in [0.2, 0.25) is 0 Å². The fraction of sp³-hybridized carbons (Fsp3) is 0.0769. The number of hydrogen-bond acceptors (Lipinski definition) is 9. The lowest BCUT2D eigenvalue weighted by Crippen LogP contribution is -1.93. The van der Waals surface area contributed by atoms with Crippen molar-refractivity contribution >= 4 is 58.4 Å². The lowest BCUT2D eigenvalue weighted by Gasteiger charge is -1.89. The number of thiazole rings is 1. The van der Waals surface area contributed by atoms with Crippen molar-refractivity contribution in [3.05, 3.63) is 43.8 Å². The van der Waals surface area contributed by atoms with Gasteiger partial charge in [-0.2, -0.15) is 0 Å².